The first kappa shape index (κ1) is 22.3. The van der Waals surface area contributed by atoms with Gasteiger partial charge in [-0.15, -0.1) is 0 Å². The Morgan fingerprint density at radius 3 is 2.55 bits per heavy atom. The Bertz CT molecular complexity index is 998. The van der Waals surface area contributed by atoms with Crippen molar-refractivity contribution in [2.45, 2.75) is 17.7 Å². The number of rotatable bonds is 7. The summed E-state index contributed by atoms with van der Waals surface area (Å²) < 4.78 is 69.1. The van der Waals surface area contributed by atoms with E-state index < -0.39 is 45.8 Å². The first-order valence-corrected chi connectivity index (χ1v) is 9.37. The van der Waals surface area contributed by atoms with Gasteiger partial charge in [-0.1, -0.05) is 6.07 Å². The van der Waals surface area contributed by atoms with Gasteiger partial charge in [0.2, 0.25) is 21.9 Å². The van der Waals surface area contributed by atoms with Crippen molar-refractivity contribution < 1.29 is 31.1 Å². The number of ether oxygens (including phenoxy) is 1. The summed E-state index contributed by atoms with van der Waals surface area (Å²) in [7, 11) is -1.04. The second kappa shape index (κ2) is 8.57. The van der Waals surface area contributed by atoms with Crippen molar-refractivity contribution in [3.8, 4) is 0 Å². The molecule has 0 saturated heterocycles. The summed E-state index contributed by atoms with van der Waals surface area (Å²) >= 11 is 0. The van der Waals surface area contributed by atoms with Gasteiger partial charge in [0.1, 0.15) is 6.54 Å². The molecule has 1 aromatic heterocycles. The van der Waals surface area contributed by atoms with Crippen LogP contribution in [0.2, 0.25) is 0 Å². The minimum Gasteiger partial charge on any atom is -0.456 e. The van der Waals surface area contributed by atoms with E-state index in [4.69, 9.17) is 10.5 Å². The molecule has 2 aromatic rings. The number of hydrogen-bond acceptors (Lipinski definition) is 9. The summed E-state index contributed by atoms with van der Waals surface area (Å²) in [6.45, 7) is -1.21. The van der Waals surface area contributed by atoms with Crippen LogP contribution in [0.4, 0.5) is 25.1 Å². The molecule has 29 heavy (non-hydrogen) atoms. The van der Waals surface area contributed by atoms with Gasteiger partial charge >= 0.3 is 12.1 Å². The lowest BCUT2D eigenvalue weighted by Gasteiger charge is -2.12. The normalized spacial score (nSPS) is 11.9. The second-order valence-electron chi connectivity index (χ2n) is 5.82. The standard InChI is InChI=1S/C15H17F3N6O4S/c1-24(2)14-22-11(21-13(19)23-14)8-28-12(25)7-20-29(26,27)10-5-3-4-9(6-10)15(16,17)18/h3-6,20H,7-8H2,1-2H3,(H2,19,21,22,23). The highest BCUT2D eigenvalue weighted by Crippen LogP contribution is 2.30. The number of benzene rings is 1. The maximum atomic E-state index is 12.7. The molecule has 0 atom stereocenters. The van der Waals surface area contributed by atoms with Crippen LogP contribution in [-0.4, -0.2) is 50.0 Å². The van der Waals surface area contributed by atoms with Crippen molar-refractivity contribution in [2.24, 2.45) is 0 Å². The fourth-order valence-corrected chi connectivity index (χ4v) is 2.98. The van der Waals surface area contributed by atoms with Gasteiger partial charge < -0.3 is 15.4 Å². The summed E-state index contributed by atoms with van der Waals surface area (Å²) in [5.41, 5.74) is 4.39. The van der Waals surface area contributed by atoms with Gasteiger partial charge in [0.15, 0.2) is 12.4 Å². The van der Waals surface area contributed by atoms with Crippen LogP contribution in [0.3, 0.4) is 0 Å². The van der Waals surface area contributed by atoms with Crippen LogP contribution in [0.25, 0.3) is 0 Å². The number of esters is 1. The van der Waals surface area contributed by atoms with Crippen LogP contribution in [0, 0.1) is 0 Å². The minimum atomic E-state index is -4.71. The maximum Gasteiger partial charge on any atom is 0.416 e. The zero-order valence-electron chi connectivity index (χ0n) is 15.3. The van der Waals surface area contributed by atoms with Crippen molar-refractivity contribution in [3.05, 3.63) is 35.7 Å². The van der Waals surface area contributed by atoms with Crippen LogP contribution in [0.1, 0.15) is 11.4 Å². The molecule has 158 valence electrons. The third kappa shape index (κ3) is 6.25. The van der Waals surface area contributed by atoms with E-state index in [2.05, 4.69) is 15.0 Å². The van der Waals surface area contributed by atoms with E-state index in [1.165, 1.54) is 0 Å². The zero-order valence-corrected chi connectivity index (χ0v) is 16.1. The number of nitrogens with zero attached hydrogens (tertiary/aromatic N) is 4. The van der Waals surface area contributed by atoms with Crippen LogP contribution in [0.15, 0.2) is 29.2 Å². The number of nitrogen functional groups attached to an aromatic ring is 1. The van der Waals surface area contributed by atoms with Gasteiger partial charge in [-0.05, 0) is 18.2 Å². The molecule has 0 saturated carbocycles. The van der Waals surface area contributed by atoms with E-state index in [0.29, 0.717) is 6.07 Å². The molecule has 0 aliphatic rings. The largest absolute Gasteiger partial charge is 0.456 e. The lowest BCUT2D eigenvalue weighted by Crippen LogP contribution is -2.31. The van der Waals surface area contributed by atoms with Crippen LogP contribution < -0.4 is 15.4 Å². The van der Waals surface area contributed by atoms with E-state index in [1.807, 2.05) is 4.72 Å². The smallest absolute Gasteiger partial charge is 0.416 e. The maximum absolute atomic E-state index is 12.7. The lowest BCUT2D eigenvalue weighted by molar-refractivity contribution is -0.143. The molecular weight excluding hydrogens is 417 g/mol. The molecule has 0 aliphatic heterocycles. The summed E-state index contributed by atoms with van der Waals surface area (Å²) in [6, 6.07) is 3.11. The van der Waals surface area contributed by atoms with Crippen molar-refractivity contribution >= 4 is 27.9 Å². The number of aromatic nitrogens is 3. The second-order valence-corrected chi connectivity index (χ2v) is 7.58. The van der Waals surface area contributed by atoms with Crippen molar-refractivity contribution in [3.63, 3.8) is 0 Å². The number of hydrogen-bond donors (Lipinski definition) is 2. The Hall–Kier alpha value is -3.00. The molecule has 14 heteroatoms. The molecule has 0 bridgehead atoms. The molecule has 1 heterocycles. The molecule has 0 radical (unpaired) electrons. The molecule has 0 fully saturated rings. The third-order valence-electron chi connectivity index (χ3n) is 3.33. The predicted octanol–water partition coefficient (Wildman–Crippen LogP) is 0.560. The SMILES string of the molecule is CN(C)c1nc(N)nc(COC(=O)CNS(=O)(=O)c2cccc(C(F)(F)F)c2)n1. The molecule has 0 unspecified atom stereocenters. The summed E-state index contributed by atoms with van der Waals surface area (Å²) in [5, 5.41) is 0. The number of nitrogens with two attached hydrogens (primary N) is 1. The quantitative estimate of drug-likeness (QED) is 0.598. The number of carbonyl (C=O) groups excluding carboxylic acids is 1. The average molecular weight is 434 g/mol. The van der Waals surface area contributed by atoms with Gasteiger partial charge in [-0.25, -0.2) is 8.42 Å². The predicted molar refractivity (Wildman–Crippen MR) is 95.0 cm³/mol. The number of alkyl halides is 3. The van der Waals surface area contributed by atoms with Gasteiger partial charge in [0, 0.05) is 14.1 Å². The van der Waals surface area contributed by atoms with E-state index in [-0.39, 0.29) is 17.7 Å². The van der Waals surface area contributed by atoms with Gasteiger partial charge in [0.05, 0.1) is 10.5 Å². The first-order chi connectivity index (χ1) is 13.4. The molecule has 2 rings (SSSR count). The molecule has 1 aromatic carbocycles. The van der Waals surface area contributed by atoms with Gasteiger partial charge in [-0.3, -0.25) is 4.79 Å². The molecule has 0 aliphatic carbocycles. The third-order valence-corrected chi connectivity index (χ3v) is 4.73. The number of nitrogens with one attached hydrogen (secondary N) is 1. The van der Waals surface area contributed by atoms with Crippen LogP contribution in [-0.2, 0) is 32.3 Å². The topological polar surface area (TPSA) is 140 Å². The Kier molecular flexibility index (Phi) is 6.58. The lowest BCUT2D eigenvalue weighted by atomic mass is 10.2. The van der Waals surface area contributed by atoms with E-state index in [0.717, 1.165) is 18.2 Å². The van der Waals surface area contributed by atoms with Crippen LogP contribution >= 0.6 is 0 Å². The Balaban J connectivity index is 1.98. The van der Waals surface area contributed by atoms with E-state index >= 15 is 0 Å². The van der Waals surface area contributed by atoms with E-state index in [1.54, 1.807) is 19.0 Å². The number of halogens is 3. The number of carbonyl (C=O) groups is 1. The zero-order chi connectivity index (χ0) is 21.8. The van der Waals surface area contributed by atoms with E-state index in [9.17, 15) is 26.4 Å². The Morgan fingerprint density at radius 1 is 1.24 bits per heavy atom. The highest BCUT2D eigenvalue weighted by Gasteiger charge is 2.31. The first-order valence-electron chi connectivity index (χ1n) is 7.89. The summed E-state index contributed by atoms with van der Waals surface area (Å²) in [5.74, 6) is -0.824. The molecule has 3 N–H and O–H groups in total. The van der Waals surface area contributed by atoms with Crippen molar-refractivity contribution in [1.82, 2.24) is 19.7 Å². The molecule has 0 amide bonds. The van der Waals surface area contributed by atoms with Crippen molar-refractivity contribution in [1.29, 1.82) is 0 Å². The highest BCUT2D eigenvalue weighted by molar-refractivity contribution is 7.89. The summed E-state index contributed by atoms with van der Waals surface area (Å²) in [6.07, 6.45) is -4.71. The Morgan fingerprint density at radius 2 is 1.93 bits per heavy atom. The van der Waals surface area contributed by atoms with Gasteiger partial charge in [-0.2, -0.15) is 32.8 Å². The number of anilines is 2. The molecule has 10 nitrogen and oxygen atoms in total. The minimum absolute atomic E-state index is 0.0373. The Labute approximate surface area is 164 Å². The van der Waals surface area contributed by atoms with Crippen LogP contribution in [0.5, 0.6) is 0 Å². The summed E-state index contributed by atoms with van der Waals surface area (Å²) in [4.78, 5) is 24.3. The molecular formula is C15H17F3N6O4S. The fraction of sp³-hybridized carbons (Fsp3) is 0.333. The van der Waals surface area contributed by atoms with Crippen molar-refractivity contribution in [2.75, 3.05) is 31.3 Å². The highest BCUT2D eigenvalue weighted by atomic mass is 32.2. The van der Waals surface area contributed by atoms with Gasteiger partial charge in [0.25, 0.3) is 0 Å². The average Bonchev–Trinajstić information content (AvgIpc) is 2.63. The monoisotopic (exact) mass is 434 g/mol. The number of sulfonamides is 1. The fourth-order valence-electron chi connectivity index (χ4n) is 1.96. The molecule has 0 spiro atoms.